The molecule has 6 nitrogen and oxygen atoms in total. The number of para-hydroxylation sites is 1. The smallest absolute Gasteiger partial charge is 0.251 e. The van der Waals surface area contributed by atoms with Gasteiger partial charge >= 0.3 is 0 Å². The molecule has 1 amide bonds. The van der Waals surface area contributed by atoms with Crippen LogP contribution in [0.25, 0.3) is 10.9 Å². The number of rotatable bonds is 4. The van der Waals surface area contributed by atoms with E-state index in [9.17, 15) is 13.6 Å². The first-order valence-electron chi connectivity index (χ1n) is 10.8. The van der Waals surface area contributed by atoms with Gasteiger partial charge in [0.1, 0.15) is 17.5 Å². The Labute approximate surface area is 189 Å². The van der Waals surface area contributed by atoms with Gasteiger partial charge in [-0.25, -0.2) is 13.8 Å². The van der Waals surface area contributed by atoms with Crippen LogP contribution in [0.3, 0.4) is 0 Å². The number of nitrogen functional groups attached to an aromatic ring is 1. The number of anilines is 2. The minimum absolute atomic E-state index is 0. The lowest BCUT2D eigenvalue weighted by Crippen LogP contribution is -2.30. The number of carbonyl (C=O) groups is 1. The van der Waals surface area contributed by atoms with Crippen molar-refractivity contribution in [2.24, 2.45) is 5.92 Å². The number of aromatic nitrogens is 2. The van der Waals surface area contributed by atoms with Gasteiger partial charge in [-0.15, -0.1) is 0 Å². The van der Waals surface area contributed by atoms with Crippen molar-refractivity contribution < 1.29 is 16.4 Å². The number of benzene rings is 2. The Hall–Kier alpha value is -3.29. The molecule has 1 heterocycles. The van der Waals surface area contributed by atoms with Gasteiger partial charge in [0, 0.05) is 40.5 Å². The van der Waals surface area contributed by atoms with Crippen molar-refractivity contribution in [3.05, 3.63) is 59.7 Å². The standard InChI is InChI=1S/C14H17F2NO.C10H12N4.2H2/c15-12-6-11(7-13(16)8-12)14(18)17-9-10-4-2-1-3-5-10;1-14(2)9-7-5-3-4-6-8(7)12-10(11)13-9;;/h6-8,10H,1-5,9H2,(H,17,18);3-6H,1-2H3,(H2,11,12,13);2*1H. The van der Waals surface area contributed by atoms with E-state index >= 15 is 0 Å². The first-order valence-corrected chi connectivity index (χ1v) is 10.8. The van der Waals surface area contributed by atoms with Crippen molar-refractivity contribution in [3.8, 4) is 0 Å². The van der Waals surface area contributed by atoms with Crippen molar-refractivity contribution in [1.82, 2.24) is 15.3 Å². The van der Waals surface area contributed by atoms with Gasteiger partial charge in [-0.1, -0.05) is 31.4 Å². The molecule has 3 aromatic rings. The molecule has 0 atom stereocenters. The third kappa shape index (κ3) is 6.35. The molecule has 1 saturated carbocycles. The highest BCUT2D eigenvalue weighted by Crippen LogP contribution is 2.23. The molecule has 0 radical (unpaired) electrons. The van der Waals surface area contributed by atoms with Crippen LogP contribution in [0.4, 0.5) is 20.5 Å². The van der Waals surface area contributed by atoms with Crippen LogP contribution < -0.4 is 16.0 Å². The molecule has 1 aliphatic rings. The Kier molecular flexibility index (Phi) is 7.92. The molecule has 1 aromatic heterocycles. The van der Waals surface area contributed by atoms with Gasteiger partial charge in [0.15, 0.2) is 0 Å². The Morgan fingerprint density at radius 2 is 1.75 bits per heavy atom. The van der Waals surface area contributed by atoms with Crippen LogP contribution in [0.1, 0.15) is 45.3 Å². The van der Waals surface area contributed by atoms with Crippen LogP contribution in [0, 0.1) is 17.6 Å². The summed E-state index contributed by atoms with van der Waals surface area (Å²) in [5.41, 5.74) is 6.54. The topological polar surface area (TPSA) is 84.1 Å². The number of hydrogen-bond donors (Lipinski definition) is 2. The van der Waals surface area contributed by atoms with Gasteiger partial charge in [0.05, 0.1) is 5.52 Å². The van der Waals surface area contributed by atoms with Crippen LogP contribution in [0.5, 0.6) is 0 Å². The summed E-state index contributed by atoms with van der Waals surface area (Å²) in [5, 5.41) is 3.77. The number of nitrogens with two attached hydrogens (primary N) is 1. The summed E-state index contributed by atoms with van der Waals surface area (Å²) in [6.07, 6.45) is 5.92. The van der Waals surface area contributed by atoms with E-state index in [1.807, 2.05) is 43.3 Å². The molecular formula is C24H33F2N5O. The van der Waals surface area contributed by atoms with E-state index in [0.717, 1.165) is 47.8 Å². The van der Waals surface area contributed by atoms with E-state index in [1.54, 1.807) is 0 Å². The second-order valence-electron chi connectivity index (χ2n) is 8.19. The third-order valence-electron chi connectivity index (χ3n) is 5.42. The summed E-state index contributed by atoms with van der Waals surface area (Å²) < 4.78 is 25.9. The first-order chi connectivity index (χ1) is 15.3. The zero-order valence-corrected chi connectivity index (χ0v) is 18.4. The number of amides is 1. The van der Waals surface area contributed by atoms with Gasteiger partial charge in [-0.05, 0) is 43.0 Å². The highest BCUT2D eigenvalue weighted by Gasteiger charge is 2.15. The molecule has 2 aromatic carbocycles. The van der Waals surface area contributed by atoms with E-state index < -0.39 is 17.5 Å². The lowest BCUT2D eigenvalue weighted by atomic mass is 9.89. The Bertz CT molecular complexity index is 1060. The van der Waals surface area contributed by atoms with Gasteiger partial charge in [0.25, 0.3) is 5.91 Å². The first kappa shape index (κ1) is 23.4. The zero-order chi connectivity index (χ0) is 23.1. The number of carbonyl (C=O) groups excluding carboxylic acids is 1. The monoisotopic (exact) mass is 445 g/mol. The number of nitrogens with one attached hydrogen (secondary N) is 1. The normalized spacial score (nSPS) is 13.9. The van der Waals surface area contributed by atoms with Gasteiger partial charge in [-0.2, -0.15) is 4.98 Å². The second kappa shape index (κ2) is 10.8. The van der Waals surface area contributed by atoms with E-state index in [2.05, 4.69) is 15.3 Å². The zero-order valence-electron chi connectivity index (χ0n) is 18.4. The highest BCUT2D eigenvalue weighted by molar-refractivity contribution is 5.94. The summed E-state index contributed by atoms with van der Waals surface area (Å²) in [5.74, 6) is -0.184. The van der Waals surface area contributed by atoms with Gasteiger partial charge < -0.3 is 16.0 Å². The molecule has 0 spiro atoms. The fourth-order valence-electron chi connectivity index (χ4n) is 3.83. The van der Waals surface area contributed by atoms with Crippen molar-refractivity contribution in [1.29, 1.82) is 0 Å². The largest absolute Gasteiger partial charge is 0.368 e. The molecule has 1 aliphatic carbocycles. The molecule has 3 N–H and O–H groups in total. The van der Waals surface area contributed by atoms with Crippen LogP contribution in [-0.2, 0) is 0 Å². The van der Waals surface area contributed by atoms with Crippen molar-refractivity contribution in [3.63, 3.8) is 0 Å². The fourth-order valence-corrected chi connectivity index (χ4v) is 3.83. The summed E-state index contributed by atoms with van der Waals surface area (Å²) in [6, 6.07) is 10.7. The predicted octanol–water partition coefficient (Wildman–Crippen LogP) is 5.04. The van der Waals surface area contributed by atoms with E-state index in [4.69, 9.17) is 5.73 Å². The Morgan fingerprint density at radius 3 is 2.41 bits per heavy atom. The minimum Gasteiger partial charge on any atom is -0.368 e. The average molecular weight is 446 g/mol. The SMILES string of the molecule is CN(C)c1nc(N)nc2ccccc12.O=C(NCC1CCCCC1)c1cc(F)cc(F)c1.[HH].[HH]. The maximum atomic E-state index is 13.0. The molecule has 174 valence electrons. The third-order valence-corrected chi connectivity index (χ3v) is 5.42. The number of hydrogen-bond acceptors (Lipinski definition) is 5. The summed E-state index contributed by atoms with van der Waals surface area (Å²) in [4.78, 5) is 22.0. The number of halogens is 2. The molecule has 1 fully saturated rings. The Balaban J connectivity index is 0.000000329. The molecular weight excluding hydrogens is 412 g/mol. The van der Waals surface area contributed by atoms with Crippen LogP contribution in [0.15, 0.2) is 42.5 Å². The molecule has 0 aliphatic heterocycles. The van der Waals surface area contributed by atoms with Gasteiger partial charge in [-0.3, -0.25) is 4.79 Å². The molecule has 32 heavy (non-hydrogen) atoms. The second-order valence-corrected chi connectivity index (χ2v) is 8.19. The van der Waals surface area contributed by atoms with Gasteiger partial charge in [0.2, 0.25) is 5.95 Å². The molecule has 0 bridgehead atoms. The molecule has 4 rings (SSSR count). The maximum absolute atomic E-state index is 13.0. The highest BCUT2D eigenvalue weighted by atomic mass is 19.1. The quantitative estimate of drug-likeness (QED) is 0.587. The average Bonchev–Trinajstić information content (AvgIpc) is 2.77. The van der Waals surface area contributed by atoms with Crippen LogP contribution >= 0.6 is 0 Å². The van der Waals surface area contributed by atoms with Crippen molar-refractivity contribution in [2.75, 3.05) is 31.3 Å². The summed E-state index contributed by atoms with van der Waals surface area (Å²) >= 11 is 0. The fraction of sp³-hybridized carbons (Fsp3) is 0.375. The number of fused-ring (bicyclic) bond motifs is 1. The van der Waals surface area contributed by atoms with Crippen LogP contribution in [0.2, 0.25) is 0 Å². The lowest BCUT2D eigenvalue weighted by Gasteiger charge is -2.21. The summed E-state index contributed by atoms with van der Waals surface area (Å²) in [7, 11) is 3.88. The number of nitrogens with zero attached hydrogens (tertiary/aromatic N) is 3. The molecule has 0 unspecified atom stereocenters. The predicted molar refractivity (Wildman–Crippen MR) is 128 cm³/mol. The summed E-state index contributed by atoms with van der Waals surface area (Å²) in [6.45, 7) is 0.594. The lowest BCUT2D eigenvalue weighted by molar-refractivity contribution is 0.0942. The van der Waals surface area contributed by atoms with E-state index in [0.29, 0.717) is 18.4 Å². The van der Waals surface area contributed by atoms with E-state index in [-0.39, 0.29) is 8.42 Å². The molecule has 8 heteroatoms. The van der Waals surface area contributed by atoms with E-state index in [1.165, 1.54) is 19.3 Å². The maximum Gasteiger partial charge on any atom is 0.251 e. The minimum atomic E-state index is -0.724. The van der Waals surface area contributed by atoms with Crippen molar-refractivity contribution in [2.45, 2.75) is 32.1 Å². The van der Waals surface area contributed by atoms with Crippen LogP contribution in [-0.4, -0.2) is 36.5 Å². The van der Waals surface area contributed by atoms with Crippen molar-refractivity contribution >= 4 is 28.6 Å². The molecule has 0 saturated heterocycles. The Morgan fingerprint density at radius 1 is 1.09 bits per heavy atom.